The van der Waals surface area contributed by atoms with E-state index in [1.54, 1.807) is 4.90 Å². The molecule has 0 unspecified atom stereocenters. The number of rotatable bonds is 5. The third-order valence-electron chi connectivity index (χ3n) is 4.18. The lowest BCUT2D eigenvalue weighted by molar-refractivity contribution is -0.384. The number of likely N-dealkylation sites (N-methyl/N-ethyl adjacent to an activating group) is 1. The van der Waals surface area contributed by atoms with Gasteiger partial charge in [0.15, 0.2) is 6.61 Å². The molecule has 1 amide bonds. The van der Waals surface area contributed by atoms with Crippen LogP contribution in [0.2, 0.25) is 0 Å². The zero-order chi connectivity index (χ0) is 15.9. The van der Waals surface area contributed by atoms with E-state index in [0.29, 0.717) is 11.8 Å². The van der Waals surface area contributed by atoms with Crippen molar-refractivity contribution in [1.82, 2.24) is 4.90 Å². The number of hydrogen-bond donors (Lipinski definition) is 0. The van der Waals surface area contributed by atoms with Gasteiger partial charge in [-0.1, -0.05) is 25.7 Å². The van der Waals surface area contributed by atoms with E-state index in [1.807, 2.05) is 7.05 Å². The first-order valence-electron chi connectivity index (χ1n) is 7.71. The number of nitro benzene ring substituents is 1. The molecule has 1 saturated carbocycles. The van der Waals surface area contributed by atoms with E-state index < -0.39 is 4.92 Å². The number of nitrogens with zero attached hydrogens (tertiary/aromatic N) is 2. The lowest BCUT2D eigenvalue weighted by atomic mass is 10.1. The Morgan fingerprint density at radius 1 is 1.23 bits per heavy atom. The van der Waals surface area contributed by atoms with E-state index in [1.165, 1.54) is 49.9 Å². The van der Waals surface area contributed by atoms with Crippen LogP contribution >= 0.6 is 0 Å². The van der Waals surface area contributed by atoms with Crippen molar-refractivity contribution in [3.8, 4) is 5.75 Å². The summed E-state index contributed by atoms with van der Waals surface area (Å²) in [7, 11) is 1.83. The summed E-state index contributed by atoms with van der Waals surface area (Å²) >= 11 is 0. The van der Waals surface area contributed by atoms with E-state index >= 15 is 0 Å². The molecule has 0 heterocycles. The molecular formula is C16H22N2O4. The molecule has 0 radical (unpaired) electrons. The smallest absolute Gasteiger partial charge is 0.269 e. The van der Waals surface area contributed by atoms with Crippen LogP contribution < -0.4 is 4.74 Å². The third kappa shape index (κ3) is 4.44. The fourth-order valence-corrected chi connectivity index (χ4v) is 2.76. The molecular weight excluding hydrogens is 284 g/mol. The number of non-ortho nitro benzene ring substituents is 1. The molecule has 0 aromatic heterocycles. The molecule has 120 valence electrons. The number of carbonyl (C=O) groups excluding carboxylic acids is 1. The Labute approximate surface area is 130 Å². The second-order valence-electron chi connectivity index (χ2n) is 5.69. The largest absolute Gasteiger partial charge is 0.484 e. The SMILES string of the molecule is CN(C(=O)COc1ccc([N+](=O)[O-])cc1)C1CCCCCC1. The predicted octanol–water partition coefficient (Wildman–Crippen LogP) is 3.15. The van der Waals surface area contributed by atoms with E-state index in [4.69, 9.17) is 4.74 Å². The lowest BCUT2D eigenvalue weighted by Gasteiger charge is -2.27. The van der Waals surface area contributed by atoms with Crippen molar-refractivity contribution in [3.05, 3.63) is 34.4 Å². The Morgan fingerprint density at radius 2 is 1.82 bits per heavy atom. The van der Waals surface area contributed by atoms with Crippen molar-refractivity contribution in [2.75, 3.05) is 13.7 Å². The Bertz CT molecular complexity index is 507. The topological polar surface area (TPSA) is 72.7 Å². The molecule has 0 spiro atoms. The first kappa shape index (κ1) is 16.3. The third-order valence-corrected chi connectivity index (χ3v) is 4.18. The standard InChI is InChI=1S/C16H22N2O4/c1-17(13-6-4-2-3-5-7-13)16(19)12-22-15-10-8-14(9-11-15)18(20)21/h8-11,13H,2-7,12H2,1H3. The van der Waals surface area contributed by atoms with E-state index in [0.717, 1.165) is 12.8 Å². The highest BCUT2D eigenvalue weighted by Crippen LogP contribution is 2.21. The molecule has 1 fully saturated rings. The first-order chi connectivity index (χ1) is 10.6. The predicted molar refractivity (Wildman–Crippen MR) is 82.9 cm³/mol. The molecule has 0 atom stereocenters. The van der Waals surface area contributed by atoms with Crippen LogP contribution in [0.3, 0.4) is 0 Å². The Morgan fingerprint density at radius 3 is 2.36 bits per heavy atom. The maximum atomic E-state index is 12.2. The van der Waals surface area contributed by atoms with Gasteiger partial charge in [0.2, 0.25) is 0 Å². The Hall–Kier alpha value is -2.11. The maximum Gasteiger partial charge on any atom is 0.269 e. The average Bonchev–Trinajstić information content (AvgIpc) is 2.81. The summed E-state index contributed by atoms with van der Waals surface area (Å²) in [6.07, 6.45) is 6.95. The zero-order valence-corrected chi connectivity index (χ0v) is 12.9. The van der Waals surface area contributed by atoms with Crippen LogP contribution in [0.15, 0.2) is 24.3 Å². The van der Waals surface area contributed by atoms with Crippen molar-refractivity contribution in [2.45, 2.75) is 44.6 Å². The fourth-order valence-electron chi connectivity index (χ4n) is 2.76. The van der Waals surface area contributed by atoms with Gasteiger partial charge in [0.25, 0.3) is 11.6 Å². The van der Waals surface area contributed by atoms with Crippen molar-refractivity contribution < 1.29 is 14.5 Å². The van der Waals surface area contributed by atoms with Gasteiger partial charge in [-0.2, -0.15) is 0 Å². The van der Waals surface area contributed by atoms with Gasteiger partial charge in [-0.25, -0.2) is 0 Å². The summed E-state index contributed by atoms with van der Waals surface area (Å²) in [5, 5.41) is 10.6. The molecule has 6 heteroatoms. The fraction of sp³-hybridized carbons (Fsp3) is 0.562. The lowest BCUT2D eigenvalue weighted by Crippen LogP contribution is -2.39. The van der Waals surface area contributed by atoms with Crippen LogP contribution in [-0.2, 0) is 4.79 Å². The van der Waals surface area contributed by atoms with Crippen molar-refractivity contribution in [3.63, 3.8) is 0 Å². The van der Waals surface area contributed by atoms with Crippen LogP contribution in [0.5, 0.6) is 5.75 Å². The molecule has 6 nitrogen and oxygen atoms in total. The second-order valence-corrected chi connectivity index (χ2v) is 5.69. The van der Waals surface area contributed by atoms with E-state index in [9.17, 15) is 14.9 Å². The maximum absolute atomic E-state index is 12.2. The summed E-state index contributed by atoms with van der Waals surface area (Å²) in [6, 6.07) is 6.06. The van der Waals surface area contributed by atoms with Gasteiger partial charge >= 0.3 is 0 Å². The Balaban J connectivity index is 1.84. The van der Waals surface area contributed by atoms with Gasteiger partial charge in [-0.05, 0) is 25.0 Å². The van der Waals surface area contributed by atoms with Gasteiger partial charge in [0.05, 0.1) is 4.92 Å². The molecule has 0 bridgehead atoms. The van der Waals surface area contributed by atoms with Crippen LogP contribution in [0.1, 0.15) is 38.5 Å². The molecule has 22 heavy (non-hydrogen) atoms. The molecule has 0 N–H and O–H groups in total. The summed E-state index contributed by atoms with van der Waals surface area (Å²) in [6.45, 7) is -0.0369. The Kier molecular flexibility index (Phi) is 5.75. The van der Waals surface area contributed by atoms with Crippen LogP contribution in [0.25, 0.3) is 0 Å². The number of hydrogen-bond acceptors (Lipinski definition) is 4. The van der Waals surface area contributed by atoms with Gasteiger partial charge in [0, 0.05) is 25.2 Å². The van der Waals surface area contributed by atoms with Crippen LogP contribution in [0.4, 0.5) is 5.69 Å². The summed E-state index contributed by atoms with van der Waals surface area (Å²) in [5.74, 6) is 0.415. The molecule has 1 aliphatic carbocycles. The summed E-state index contributed by atoms with van der Waals surface area (Å²) in [5.41, 5.74) is 0.00857. The molecule has 1 aliphatic rings. The number of ether oxygens (including phenoxy) is 1. The highest BCUT2D eigenvalue weighted by molar-refractivity contribution is 5.77. The molecule has 1 aromatic rings. The average molecular weight is 306 g/mol. The normalized spacial score (nSPS) is 15.9. The van der Waals surface area contributed by atoms with E-state index in [2.05, 4.69) is 0 Å². The highest BCUT2D eigenvalue weighted by atomic mass is 16.6. The van der Waals surface area contributed by atoms with Crippen molar-refractivity contribution in [2.24, 2.45) is 0 Å². The first-order valence-corrected chi connectivity index (χ1v) is 7.71. The minimum atomic E-state index is -0.464. The number of nitro groups is 1. The monoisotopic (exact) mass is 306 g/mol. The highest BCUT2D eigenvalue weighted by Gasteiger charge is 2.21. The van der Waals surface area contributed by atoms with E-state index in [-0.39, 0.29) is 18.2 Å². The van der Waals surface area contributed by atoms with Crippen molar-refractivity contribution in [1.29, 1.82) is 0 Å². The van der Waals surface area contributed by atoms with Crippen molar-refractivity contribution >= 4 is 11.6 Å². The van der Waals surface area contributed by atoms with Gasteiger partial charge in [-0.3, -0.25) is 14.9 Å². The molecule has 2 rings (SSSR count). The minimum absolute atomic E-state index is 0.00857. The summed E-state index contributed by atoms with van der Waals surface area (Å²) < 4.78 is 5.43. The quantitative estimate of drug-likeness (QED) is 0.476. The zero-order valence-electron chi connectivity index (χ0n) is 12.9. The van der Waals surface area contributed by atoms with Crippen LogP contribution in [-0.4, -0.2) is 35.4 Å². The minimum Gasteiger partial charge on any atom is -0.484 e. The number of benzene rings is 1. The molecule has 1 aromatic carbocycles. The van der Waals surface area contributed by atoms with Gasteiger partial charge in [-0.15, -0.1) is 0 Å². The number of amides is 1. The van der Waals surface area contributed by atoms with Gasteiger partial charge in [0.1, 0.15) is 5.75 Å². The number of carbonyl (C=O) groups is 1. The van der Waals surface area contributed by atoms with Crippen LogP contribution in [0, 0.1) is 10.1 Å². The van der Waals surface area contributed by atoms with Gasteiger partial charge < -0.3 is 9.64 Å². The molecule has 0 saturated heterocycles. The second kappa shape index (κ2) is 7.77. The molecule has 0 aliphatic heterocycles. The summed E-state index contributed by atoms with van der Waals surface area (Å²) in [4.78, 5) is 24.1.